The summed E-state index contributed by atoms with van der Waals surface area (Å²) in [4.78, 5) is 22.5. The Kier molecular flexibility index (Phi) is 5.53. The zero-order valence-corrected chi connectivity index (χ0v) is 9.59. The normalized spacial score (nSPS) is 14.7. The lowest BCUT2D eigenvalue weighted by Gasteiger charge is -2.20. The number of hydrogen-bond donors (Lipinski definition) is 1. The van der Waals surface area contributed by atoms with Gasteiger partial charge in [-0.25, -0.2) is 4.79 Å². The van der Waals surface area contributed by atoms with Gasteiger partial charge < -0.3 is 10.1 Å². The van der Waals surface area contributed by atoms with Crippen LogP contribution in [0.25, 0.3) is 0 Å². The smallest absolute Gasteiger partial charge is 0.328 e. The molecule has 2 unspecified atom stereocenters. The van der Waals surface area contributed by atoms with Crippen LogP contribution in [0.4, 0.5) is 0 Å². The summed E-state index contributed by atoms with van der Waals surface area (Å²) in [5.74, 6) is -0.844. The number of nitrogens with one attached hydrogen (secondary N) is 1. The molecule has 0 heterocycles. The number of rotatable bonds is 4. The number of alkyl halides is 1. The van der Waals surface area contributed by atoms with Crippen LogP contribution in [0.2, 0.25) is 0 Å². The van der Waals surface area contributed by atoms with Crippen molar-refractivity contribution in [2.45, 2.75) is 32.2 Å². The Morgan fingerprint density at radius 3 is 2.07 bits per heavy atom. The second-order valence-electron chi connectivity index (χ2n) is 3.37. The van der Waals surface area contributed by atoms with Crippen molar-refractivity contribution in [2.75, 3.05) is 7.11 Å². The maximum atomic E-state index is 11.2. The molecule has 14 heavy (non-hydrogen) atoms. The van der Waals surface area contributed by atoms with Crippen LogP contribution in [-0.2, 0) is 14.3 Å². The van der Waals surface area contributed by atoms with Crippen LogP contribution in [0.3, 0.4) is 0 Å². The van der Waals surface area contributed by atoms with Gasteiger partial charge in [0.1, 0.15) is 11.4 Å². The van der Waals surface area contributed by atoms with Crippen LogP contribution in [0.1, 0.15) is 20.8 Å². The van der Waals surface area contributed by atoms with Crippen LogP contribution in [0.5, 0.6) is 0 Å². The number of hydrogen-bond acceptors (Lipinski definition) is 3. The van der Waals surface area contributed by atoms with Crippen molar-refractivity contribution in [3.05, 3.63) is 0 Å². The molecule has 0 aromatic carbocycles. The molecule has 0 bridgehead atoms. The quantitative estimate of drug-likeness (QED) is 0.568. The molecular formula is C9H16ClNO3. The minimum absolute atomic E-state index is 0.0261. The van der Waals surface area contributed by atoms with E-state index >= 15 is 0 Å². The van der Waals surface area contributed by atoms with Crippen molar-refractivity contribution in [1.82, 2.24) is 5.32 Å². The van der Waals surface area contributed by atoms with Gasteiger partial charge in [-0.3, -0.25) is 4.79 Å². The average molecular weight is 222 g/mol. The third-order valence-corrected chi connectivity index (χ3v) is 1.98. The van der Waals surface area contributed by atoms with E-state index in [0.717, 1.165) is 0 Å². The molecule has 0 aliphatic rings. The first-order valence-electron chi connectivity index (χ1n) is 4.42. The second kappa shape index (κ2) is 5.86. The fraction of sp³-hybridized carbons (Fsp3) is 0.778. The topological polar surface area (TPSA) is 55.4 Å². The van der Waals surface area contributed by atoms with Gasteiger partial charge >= 0.3 is 5.97 Å². The van der Waals surface area contributed by atoms with E-state index in [9.17, 15) is 9.59 Å². The highest BCUT2D eigenvalue weighted by Gasteiger charge is 2.25. The summed E-state index contributed by atoms with van der Waals surface area (Å²) in [6.45, 7) is 5.19. The SMILES string of the molecule is COC(=O)C(NC(=O)C(C)Cl)C(C)C. The lowest BCUT2D eigenvalue weighted by Crippen LogP contribution is -2.47. The first-order chi connectivity index (χ1) is 6.40. The van der Waals surface area contributed by atoms with Gasteiger partial charge in [-0.2, -0.15) is 0 Å². The van der Waals surface area contributed by atoms with Crippen LogP contribution in [-0.4, -0.2) is 30.4 Å². The third-order valence-electron chi connectivity index (χ3n) is 1.78. The standard InChI is InChI=1S/C9H16ClNO3/c1-5(2)7(9(13)14-4)11-8(12)6(3)10/h5-7H,1-4H3,(H,11,12). The molecule has 4 nitrogen and oxygen atoms in total. The van der Waals surface area contributed by atoms with E-state index in [1.165, 1.54) is 7.11 Å². The molecule has 2 atom stereocenters. The number of ether oxygens (including phenoxy) is 1. The highest BCUT2D eigenvalue weighted by molar-refractivity contribution is 6.30. The molecule has 0 aliphatic heterocycles. The Hall–Kier alpha value is -0.770. The summed E-state index contributed by atoms with van der Waals surface area (Å²) >= 11 is 5.56. The van der Waals surface area contributed by atoms with Crippen LogP contribution in [0.15, 0.2) is 0 Å². The number of carbonyl (C=O) groups excluding carboxylic acids is 2. The minimum atomic E-state index is -0.652. The summed E-state index contributed by atoms with van der Waals surface area (Å²) in [5, 5.41) is 1.87. The van der Waals surface area contributed by atoms with Crippen molar-refractivity contribution in [2.24, 2.45) is 5.92 Å². The first-order valence-corrected chi connectivity index (χ1v) is 4.86. The summed E-state index contributed by atoms with van der Waals surface area (Å²) < 4.78 is 4.56. The van der Waals surface area contributed by atoms with Crippen LogP contribution >= 0.6 is 11.6 Å². The van der Waals surface area contributed by atoms with E-state index in [4.69, 9.17) is 11.6 Å². The fourth-order valence-corrected chi connectivity index (χ4v) is 0.956. The zero-order valence-electron chi connectivity index (χ0n) is 8.83. The number of methoxy groups -OCH3 is 1. The molecule has 0 aliphatic carbocycles. The second-order valence-corrected chi connectivity index (χ2v) is 4.02. The van der Waals surface area contributed by atoms with Crippen molar-refractivity contribution >= 4 is 23.5 Å². The molecule has 0 saturated carbocycles. The molecule has 82 valence electrons. The van der Waals surface area contributed by atoms with Crippen molar-refractivity contribution < 1.29 is 14.3 Å². The maximum Gasteiger partial charge on any atom is 0.328 e. The van der Waals surface area contributed by atoms with E-state index in [1.807, 2.05) is 13.8 Å². The Balaban J connectivity index is 4.38. The minimum Gasteiger partial charge on any atom is -0.467 e. The third kappa shape index (κ3) is 3.96. The van der Waals surface area contributed by atoms with E-state index < -0.39 is 17.4 Å². The summed E-state index contributed by atoms with van der Waals surface area (Å²) in [5.41, 5.74) is 0. The van der Waals surface area contributed by atoms with Gasteiger partial charge in [0.2, 0.25) is 5.91 Å². The predicted molar refractivity (Wildman–Crippen MR) is 54.1 cm³/mol. The molecule has 0 aromatic rings. The molecule has 0 rings (SSSR count). The zero-order chi connectivity index (χ0) is 11.3. The molecule has 0 fully saturated rings. The summed E-state index contributed by atoms with van der Waals surface area (Å²) in [6.07, 6.45) is 0. The molecule has 1 amide bonds. The maximum absolute atomic E-state index is 11.2. The van der Waals surface area contributed by atoms with Crippen molar-refractivity contribution in [3.63, 3.8) is 0 Å². The van der Waals surface area contributed by atoms with Gasteiger partial charge in [0.15, 0.2) is 0 Å². The molecule has 0 radical (unpaired) electrons. The number of carbonyl (C=O) groups is 2. The van der Waals surface area contributed by atoms with Crippen molar-refractivity contribution in [3.8, 4) is 0 Å². The largest absolute Gasteiger partial charge is 0.467 e. The number of esters is 1. The lowest BCUT2D eigenvalue weighted by molar-refractivity contribution is -0.146. The van der Waals surface area contributed by atoms with Crippen LogP contribution < -0.4 is 5.32 Å². The highest BCUT2D eigenvalue weighted by atomic mass is 35.5. The van der Waals surface area contributed by atoms with Gasteiger partial charge in [-0.1, -0.05) is 13.8 Å². The Morgan fingerprint density at radius 1 is 1.29 bits per heavy atom. The van der Waals surface area contributed by atoms with E-state index in [1.54, 1.807) is 6.92 Å². The van der Waals surface area contributed by atoms with Gasteiger partial charge in [0.05, 0.1) is 7.11 Å². The first kappa shape index (κ1) is 13.2. The lowest BCUT2D eigenvalue weighted by atomic mass is 10.0. The van der Waals surface area contributed by atoms with Gasteiger partial charge in [-0.15, -0.1) is 11.6 Å². The van der Waals surface area contributed by atoms with E-state index in [0.29, 0.717) is 0 Å². The predicted octanol–water partition coefficient (Wildman–Crippen LogP) is 0.927. The fourth-order valence-electron chi connectivity index (χ4n) is 0.893. The highest BCUT2D eigenvalue weighted by Crippen LogP contribution is 2.05. The van der Waals surface area contributed by atoms with Crippen molar-refractivity contribution in [1.29, 1.82) is 0 Å². The number of amides is 1. The Labute approximate surface area is 88.9 Å². The van der Waals surface area contributed by atoms with Gasteiger partial charge in [-0.05, 0) is 12.8 Å². The molecule has 0 spiro atoms. The van der Waals surface area contributed by atoms with Gasteiger partial charge in [0, 0.05) is 0 Å². The number of halogens is 1. The molecular weight excluding hydrogens is 206 g/mol. The molecule has 1 N–H and O–H groups in total. The molecule has 0 saturated heterocycles. The summed E-state index contributed by atoms with van der Waals surface area (Å²) in [6, 6.07) is -0.631. The Morgan fingerprint density at radius 2 is 1.79 bits per heavy atom. The monoisotopic (exact) mass is 221 g/mol. The molecule has 0 aromatic heterocycles. The van der Waals surface area contributed by atoms with E-state index in [-0.39, 0.29) is 11.8 Å². The Bertz CT molecular complexity index is 216. The summed E-state index contributed by atoms with van der Waals surface area (Å²) in [7, 11) is 1.29. The van der Waals surface area contributed by atoms with Gasteiger partial charge in [0.25, 0.3) is 0 Å². The van der Waals surface area contributed by atoms with Crippen LogP contribution in [0, 0.1) is 5.92 Å². The average Bonchev–Trinajstić information content (AvgIpc) is 2.11. The molecule has 5 heteroatoms. The van der Waals surface area contributed by atoms with E-state index in [2.05, 4.69) is 10.1 Å².